The van der Waals surface area contributed by atoms with E-state index in [2.05, 4.69) is 4.90 Å². The monoisotopic (exact) mass is 242 g/mol. The fourth-order valence-corrected chi connectivity index (χ4v) is 2.62. The molecule has 2 rings (SSSR count). The molecular weight excluding hydrogens is 227 g/mol. The van der Waals surface area contributed by atoms with Gasteiger partial charge < -0.3 is 5.73 Å². The standard InChI is InChI=1S/C12H16ClFN2/c13-9-4-3-5-10(14)12(9)11(8-15)16-6-1-2-7-16/h3-5,11H,1-2,6-8,15H2/t11-/m1/s1. The summed E-state index contributed by atoms with van der Waals surface area (Å²) < 4.78 is 13.8. The fraction of sp³-hybridized carbons (Fsp3) is 0.500. The number of hydrogen-bond acceptors (Lipinski definition) is 2. The van der Waals surface area contributed by atoms with Gasteiger partial charge in [-0.05, 0) is 38.1 Å². The smallest absolute Gasteiger partial charge is 0.129 e. The molecule has 1 fully saturated rings. The molecular formula is C12H16ClFN2. The van der Waals surface area contributed by atoms with Gasteiger partial charge in [0.05, 0.1) is 6.04 Å². The molecule has 2 N–H and O–H groups in total. The Hall–Kier alpha value is -0.640. The molecule has 1 aromatic rings. The highest BCUT2D eigenvalue weighted by molar-refractivity contribution is 6.31. The summed E-state index contributed by atoms with van der Waals surface area (Å²) in [4.78, 5) is 2.21. The zero-order valence-corrected chi connectivity index (χ0v) is 9.88. The first-order chi connectivity index (χ1) is 7.74. The minimum Gasteiger partial charge on any atom is -0.329 e. The number of nitrogens with zero attached hydrogens (tertiary/aromatic N) is 1. The van der Waals surface area contributed by atoms with Crippen molar-refractivity contribution < 1.29 is 4.39 Å². The summed E-state index contributed by atoms with van der Waals surface area (Å²) in [7, 11) is 0. The molecule has 2 nitrogen and oxygen atoms in total. The normalized spacial score (nSPS) is 18.9. The van der Waals surface area contributed by atoms with E-state index in [1.807, 2.05) is 0 Å². The van der Waals surface area contributed by atoms with Gasteiger partial charge in [-0.2, -0.15) is 0 Å². The molecule has 0 radical (unpaired) electrons. The Labute approximate surface area is 100 Å². The van der Waals surface area contributed by atoms with Crippen molar-refractivity contribution in [3.05, 3.63) is 34.6 Å². The van der Waals surface area contributed by atoms with E-state index in [1.165, 1.54) is 6.07 Å². The molecule has 0 aliphatic carbocycles. The van der Waals surface area contributed by atoms with Gasteiger partial charge >= 0.3 is 0 Å². The van der Waals surface area contributed by atoms with E-state index < -0.39 is 0 Å². The van der Waals surface area contributed by atoms with Crippen LogP contribution in [0.25, 0.3) is 0 Å². The summed E-state index contributed by atoms with van der Waals surface area (Å²) in [5.41, 5.74) is 6.31. The van der Waals surface area contributed by atoms with Crippen LogP contribution in [0.15, 0.2) is 18.2 Å². The van der Waals surface area contributed by atoms with Crippen LogP contribution in [0.3, 0.4) is 0 Å². The van der Waals surface area contributed by atoms with Crippen molar-refractivity contribution in [2.24, 2.45) is 5.73 Å². The Balaban J connectivity index is 2.32. The molecule has 4 heteroatoms. The van der Waals surface area contributed by atoms with Gasteiger partial charge in [0.1, 0.15) is 5.82 Å². The topological polar surface area (TPSA) is 29.3 Å². The van der Waals surface area contributed by atoms with Gasteiger partial charge in [-0.3, -0.25) is 4.90 Å². The van der Waals surface area contributed by atoms with Crippen LogP contribution in [-0.4, -0.2) is 24.5 Å². The molecule has 1 aliphatic rings. The van der Waals surface area contributed by atoms with Crippen LogP contribution in [0.4, 0.5) is 4.39 Å². The maximum absolute atomic E-state index is 13.8. The van der Waals surface area contributed by atoms with E-state index in [1.54, 1.807) is 12.1 Å². The maximum atomic E-state index is 13.8. The summed E-state index contributed by atoms with van der Waals surface area (Å²) in [6.45, 7) is 2.36. The second-order valence-electron chi connectivity index (χ2n) is 4.13. The van der Waals surface area contributed by atoms with Crippen molar-refractivity contribution in [1.82, 2.24) is 4.90 Å². The van der Waals surface area contributed by atoms with Crippen LogP contribution >= 0.6 is 11.6 Å². The summed E-state index contributed by atoms with van der Waals surface area (Å²) in [6, 6.07) is 4.70. The molecule has 16 heavy (non-hydrogen) atoms. The Kier molecular flexibility index (Phi) is 3.79. The minimum absolute atomic E-state index is 0.0869. The third-order valence-corrected chi connectivity index (χ3v) is 3.47. The van der Waals surface area contributed by atoms with Gasteiger partial charge in [0, 0.05) is 17.1 Å². The van der Waals surface area contributed by atoms with Crippen LogP contribution in [0, 0.1) is 5.82 Å². The van der Waals surface area contributed by atoms with Crippen LogP contribution in [0.5, 0.6) is 0 Å². The molecule has 1 atom stereocenters. The molecule has 0 bridgehead atoms. The predicted molar refractivity (Wildman–Crippen MR) is 64.0 cm³/mol. The van der Waals surface area contributed by atoms with Crippen molar-refractivity contribution in [3.63, 3.8) is 0 Å². The van der Waals surface area contributed by atoms with Crippen LogP contribution in [0.2, 0.25) is 5.02 Å². The quantitative estimate of drug-likeness (QED) is 0.883. The van der Waals surface area contributed by atoms with E-state index in [-0.39, 0.29) is 11.9 Å². The number of halogens is 2. The Morgan fingerprint density at radius 2 is 2.06 bits per heavy atom. The summed E-state index contributed by atoms with van der Waals surface area (Å²) >= 11 is 6.06. The van der Waals surface area contributed by atoms with Crippen molar-refractivity contribution in [2.45, 2.75) is 18.9 Å². The molecule has 1 aliphatic heterocycles. The van der Waals surface area contributed by atoms with Crippen molar-refractivity contribution in [2.75, 3.05) is 19.6 Å². The van der Waals surface area contributed by atoms with Gasteiger partial charge in [-0.15, -0.1) is 0 Å². The fourth-order valence-electron chi connectivity index (χ4n) is 2.33. The first kappa shape index (κ1) is 11.8. The molecule has 88 valence electrons. The average Bonchev–Trinajstić information content (AvgIpc) is 2.77. The molecule has 0 aromatic heterocycles. The SMILES string of the molecule is NC[C@H](c1c(F)cccc1Cl)N1CCCC1. The molecule has 0 saturated carbocycles. The lowest BCUT2D eigenvalue weighted by atomic mass is 10.0. The van der Waals surface area contributed by atoms with Gasteiger partial charge in [0.15, 0.2) is 0 Å². The highest BCUT2D eigenvalue weighted by Crippen LogP contribution is 2.31. The van der Waals surface area contributed by atoms with Gasteiger partial charge in [0.2, 0.25) is 0 Å². The van der Waals surface area contributed by atoms with Crippen molar-refractivity contribution in [1.29, 1.82) is 0 Å². The minimum atomic E-state index is -0.255. The Morgan fingerprint density at radius 1 is 1.38 bits per heavy atom. The molecule has 0 spiro atoms. The van der Waals surface area contributed by atoms with Gasteiger partial charge in [-0.1, -0.05) is 17.7 Å². The van der Waals surface area contributed by atoms with Crippen LogP contribution in [0.1, 0.15) is 24.4 Å². The van der Waals surface area contributed by atoms with E-state index >= 15 is 0 Å². The number of hydrogen-bond donors (Lipinski definition) is 1. The third-order valence-electron chi connectivity index (χ3n) is 3.14. The number of nitrogens with two attached hydrogens (primary N) is 1. The average molecular weight is 243 g/mol. The van der Waals surface area contributed by atoms with E-state index in [0.717, 1.165) is 25.9 Å². The summed E-state index contributed by atoms with van der Waals surface area (Å²) in [6.07, 6.45) is 2.31. The zero-order chi connectivity index (χ0) is 11.5. The highest BCUT2D eigenvalue weighted by Gasteiger charge is 2.26. The lowest BCUT2D eigenvalue weighted by molar-refractivity contribution is 0.246. The largest absolute Gasteiger partial charge is 0.329 e. The second-order valence-corrected chi connectivity index (χ2v) is 4.54. The zero-order valence-electron chi connectivity index (χ0n) is 9.13. The Bertz CT molecular complexity index is 344. The molecule has 1 heterocycles. The first-order valence-electron chi connectivity index (χ1n) is 5.62. The summed E-state index contributed by atoms with van der Waals surface area (Å²) in [5, 5.41) is 0.474. The maximum Gasteiger partial charge on any atom is 0.129 e. The van der Waals surface area contributed by atoms with Crippen LogP contribution < -0.4 is 5.73 Å². The molecule has 0 unspecified atom stereocenters. The summed E-state index contributed by atoms with van der Waals surface area (Å²) in [5.74, 6) is -0.255. The van der Waals surface area contributed by atoms with Gasteiger partial charge in [0.25, 0.3) is 0 Å². The van der Waals surface area contributed by atoms with E-state index in [9.17, 15) is 4.39 Å². The highest BCUT2D eigenvalue weighted by atomic mass is 35.5. The second kappa shape index (κ2) is 5.13. The lowest BCUT2D eigenvalue weighted by Gasteiger charge is -2.27. The first-order valence-corrected chi connectivity index (χ1v) is 6.00. The van der Waals surface area contributed by atoms with E-state index in [0.29, 0.717) is 17.1 Å². The van der Waals surface area contributed by atoms with Crippen molar-refractivity contribution in [3.8, 4) is 0 Å². The third kappa shape index (κ3) is 2.21. The number of likely N-dealkylation sites (tertiary alicyclic amines) is 1. The molecule has 1 saturated heterocycles. The lowest BCUT2D eigenvalue weighted by Crippen LogP contribution is -2.32. The van der Waals surface area contributed by atoms with Crippen LogP contribution in [-0.2, 0) is 0 Å². The number of rotatable bonds is 3. The Morgan fingerprint density at radius 3 is 2.62 bits per heavy atom. The predicted octanol–water partition coefficient (Wildman–Crippen LogP) is 2.57. The number of benzene rings is 1. The molecule has 1 aromatic carbocycles. The van der Waals surface area contributed by atoms with Gasteiger partial charge in [-0.25, -0.2) is 4.39 Å². The van der Waals surface area contributed by atoms with Crippen molar-refractivity contribution >= 4 is 11.6 Å². The molecule has 0 amide bonds. The van der Waals surface area contributed by atoms with E-state index in [4.69, 9.17) is 17.3 Å².